The predicted octanol–water partition coefficient (Wildman–Crippen LogP) is 1.65. The molecule has 0 bridgehead atoms. The van der Waals surface area contributed by atoms with Crippen LogP contribution in [0.2, 0.25) is 0 Å². The smallest absolute Gasteiger partial charge is 0.159 e. The number of likely N-dealkylation sites (tertiary alicyclic amines) is 1. The van der Waals surface area contributed by atoms with E-state index in [1.807, 2.05) is 29.2 Å². The number of aromatic nitrogens is 3. The van der Waals surface area contributed by atoms with Crippen molar-refractivity contribution in [2.24, 2.45) is 0 Å². The van der Waals surface area contributed by atoms with E-state index in [9.17, 15) is 0 Å². The van der Waals surface area contributed by atoms with E-state index in [4.69, 9.17) is 0 Å². The van der Waals surface area contributed by atoms with Gasteiger partial charge in [0.1, 0.15) is 0 Å². The third-order valence-electron chi connectivity index (χ3n) is 4.24. The zero-order valence-corrected chi connectivity index (χ0v) is 12.4. The van der Waals surface area contributed by atoms with Gasteiger partial charge in [-0.1, -0.05) is 6.42 Å². The van der Waals surface area contributed by atoms with Crippen LogP contribution in [0.3, 0.4) is 0 Å². The first-order valence-corrected chi connectivity index (χ1v) is 7.40. The quantitative estimate of drug-likeness (QED) is 0.848. The molecule has 0 spiro atoms. The van der Waals surface area contributed by atoms with Crippen molar-refractivity contribution in [2.75, 3.05) is 27.2 Å². The van der Waals surface area contributed by atoms with Crippen molar-refractivity contribution in [3.63, 3.8) is 0 Å². The fourth-order valence-electron chi connectivity index (χ4n) is 3.08. The first-order valence-electron chi connectivity index (χ1n) is 7.40. The summed E-state index contributed by atoms with van der Waals surface area (Å²) < 4.78 is 1.84. The maximum absolute atomic E-state index is 4.42. The molecule has 2 aromatic rings. The first-order chi connectivity index (χ1) is 9.74. The third kappa shape index (κ3) is 2.83. The summed E-state index contributed by atoms with van der Waals surface area (Å²) in [5.41, 5.74) is 2.17. The molecule has 5 heteroatoms. The largest absolute Gasteiger partial charge is 0.302 e. The van der Waals surface area contributed by atoms with Gasteiger partial charge in [-0.2, -0.15) is 5.10 Å². The summed E-state index contributed by atoms with van der Waals surface area (Å²) in [4.78, 5) is 9.30. The molecule has 0 unspecified atom stereocenters. The molecule has 0 aliphatic carbocycles. The fourth-order valence-corrected chi connectivity index (χ4v) is 3.08. The zero-order chi connectivity index (χ0) is 13.9. The van der Waals surface area contributed by atoms with Gasteiger partial charge in [-0.05, 0) is 39.5 Å². The maximum atomic E-state index is 4.42. The monoisotopic (exact) mass is 273 g/mol. The Labute approximate surface area is 120 Å². The van der Waals surface area contributed by atoms with E-state index in [2.05, 4.69) is 34.0 Å². The Hall–Kier alpha value is -1.46. The van der Waals surface area contributed by atoms with Crippen molar-refractivity contribution in [2.45, 2.75) is 31.8 Å². The van der Waals surface area contributed by atoms with E-state index in [-0.39, 0.29) is 0 Å². The summed E-state index contributed by atoms with van der Waals surface area (Å²) in [6.07, 6.45) is 9.73. The van der Waals surface area contributed by atoms with Gasteiger partial charge in [0.05, 0.1) is 6.20 Å². The SMILES string of the molecule is CN(Cc1cnn2cccnc12)C[C@H]1CCCCN1C. The minimum absolute atomic E-state index is 0.684. The number of hydrogen-bond donors (Lipinski definition) is 0. The second-order valence-corrected chi connectivity index (χ2v) is 5.88. The van der Waals surface area contributed by atoms with Crippen molar-refractivity contribution in [3.05, 3.63) is 30.2 Å². The molecule has 0 radical (unpaired) electrons. The van der Waals surface area contributed by atoms with Crippen molar-refractivity contribution in [1.29, 1.82) is 0 Å². The standard InChI is InChI=1S/C15H23N5/c1-18(12-14-6-3-4-8-19(14)2)11-13-10-17-20-9-5-7-16-15(13)20/h5,7,9-10,14H,3-4,6,8,11-12H2,1-2H3/t14-/m1/s1. The van der Waals surface area contributed by atoms with E-state index in [0.717, 1.165) is 18.7 Å². The lowest BCUT2D eigenvalue weighted by Crippen LogP contribution is -2.43. The number of fused-ring (bicyclic) bond motifs is 1. The van der Waals surface area contributed by atoms with Gasteiger partial charge >= 0.3 is 0 Å². The second-order valence-electron chi connectivity index (χ2n) is 5.88. The molecule has 1 aliphatic heterocycles. The normalized spacial score (nSPS) is 20.9. The highest BCUT2D eigenvalue weighted by atomic mass is 15.2. The zero-order valence-electron chi connectivity index (χ0n) is 12.4. The van der Waals surface area contributed by atoms with Gasteiger partial charge < -0.3 is 9.80 Å². The molecule has 3 rings (SSSR count). The number of piperidine rings is 1. The average Bonchev–Trinajstić information content (AvgIpc) is 2.85. The van der Waals surface area contributed by atoms with Crippen LogP contribution in [0.5, 0.6) is 0 Å². The molecule has 1 aliphatic rings. The maximum Gasteiger partial charge on any atom is 0.159 e. The number of likely N-dealkylation sites (N-methyl/N-ethyl adjacent to an activating group) is 2. The van der Waals surface area contributed by atoms with Crippen LogP contribution in [0.4, 0.5) is 0 Å². The summed E-state index contributed by atoms with van der Waals surface area (Å²) in [6.45, 7) is 3.25. The summed E-state index contributed by atoms with van der Waals surface area (Å²) in [5, 5.41) is 4.35. The molecule has 1 saturated heterocycles. The highest BCUT2D eigenvalue weighted by Gasteiger charge is 2.20. The van der Waals surface area contributed by atoms with E-state index in [1.165, 1.54) is 31.4 Å². The van der Waals surface area contributed by atoms with Crippen LogP contribution < -0.4 is 0 Å². The third-order valence-corrected chi connectivity index (χ3v) is 4.24. The summed E-state index contributed by atoms with van der Waals surface area (Å²) in [5.74, 6) is 0. The van der Waals surface area contributed by atoms with Crippen LogP contribution in [-0.2, 0) is 6.54 Å². The number of hydrogen-bond acceptors (Lipinski definition) is 4. The Morgan fingerprint density at radius 3 is 3.15 bits per heavy atom. The van der Waals surface area contributed by atoms with E-state index >= 15 is 0 Å². The Balaban J connectivity index is 1.65. The molecule has 0 aromatic carbocycles. The van der Waals surface area contributed by atoms with Gasteiger partial charge in [-0.3, -0.25) is 0 Å². The molecule has 108 valence electrons. The van der Waals surface area contributed by atoms with Crippen molar-refractivity contribution < 1.29 is 0 Å². The van der Waals surface area contributed by atoms with Gasteiger partial charge in [0.25, 0.3) is 0 Å². The molecule has 0 amide bonds. The van der Waals surface area contributed by atoms with Gasteiger partial charge in [-0.25, -0.2) is 9.50 Å². The second kappa shape index (κ2) is 5.89. The molecule has 3 heterocycles. The summed E-state index contributed by atoms with van der Waals surface area (Å²) in [7, 11) is 4.43. The average molecular weight is 273 g/mol. The molecular formula is C15H23N5. The van der Waals surface area contributed by atoms with Crippen molar-refractivity contribution >= 4 is 5.65 Å². The summed E-state index contributed by atoms with van der Waals surface area (Å²) >= 11 is 0. The van der Waals surface area contributed by atoms with E-state index in [0.29, 0.717) is 6.04 Å². The number of rotatable bonds is 4. The lowest BCUT2D eigenvalue weighted by atomic mass is 10.0. The lowest BCUT2D eigenvalue weighted by molar-refractivity contribution is 0.138. The molecule has 20 heavy (non-hydrogen) atoms. The predicted molar refractivity (Wildman–Crippen MR) is 79.6 cm³/mol. The molecule has 1 atom stereocenters. The molecule has 5 nitrogen and oxygen atoms in total. The molecule has 0 N–H and O–H groups in total. The molecule has 1 fully saturated rings. The van der Waals surface area contributed by atoms with E-state index in [1.54, 1.807) is 0 Å². The Morgan fingerprint density at radius 1 is 1.40 bits per heavy atom. The summed E-state index contributed by atoms with van der Waals surface area (Å²) in [6, 6.07) is 2.59. The van der Waals surface area contributed by atoms with Gasteiger partial charge in [0.2, 0.25) is 0 Å². The van der Waals surface area contributed by atoms with Crippen LogP contribution in [0.1, 0.15) is 24.8 Å². The molecule has 0 saturated carbocycles. The Kier molecular flexibility index (Phi) is 3.98. The Bertz CT molecular complexity index is 564. The molecular weight excluding hydrogens is 250 g/mol. The van der Waals surface area contributed by atoms with Crippen molar-refractivity contribution in [3.8, 4) is 0 Å². The van der Waals surface area contributed by atoms with Crippen LogP contribution in [0, 0.1) is 0 Å². The van der Waals surface area contributed by atoms with Crippen LogP contribution in [0.25, 0.3) is 5.65 Å². The number of nitrogens with zero attached hydrogens (tertiary/aromatic N) is 5. The van der Waals surface area contributed by atoms with Crippen LogP contribution >= 0.6 is 0 Å². The lowest BCUT2D eigenvalue weighted by Gasteiger charge is -2.35. The minimum Gasteiger partial charge on any atom is -0.302 e. The van der Waals surface area contributed by atoms with Gasteiger partial charge in [0, 0.05) is 37.1 Å². The first kappa shape index (κ1) is 13.5. The van der Waals surface area contributed by atoms with Crippen LogP contribution in [-0.4, -0.2) is 57.6 Å². The topological polar surface area (TPSA) is 36.7 Å². The molecule has 2 aromatic heterocycles. The minimum atomic E-state index is 0.684. The highest BCUT2D eigenvalue weighted by Crippen LogP contribution is 2.17. The van der Waals surface area contributed by atoms with E-state index < -0.39 is 0 Å². The highest BCUT2D eigenvalue weighted by molar-refractivity contribution is 5.45. The van der Waals surface area contributed by atoms with Gasteiger partial charge in [0.15, 0.2) is 5.65 Å². The Morgan fingerprint density at radius 2 is 2.30 bits per heavy atom. The van der Waals surface area contributed by atoms with Gasteiger partial charge in [-0.15, -0.1) is 0 Å². The van der Waals surface area contributed by atoms with Crippen LogP contribution in [0.15, 0.2) is 24.7 Å². The van der Waals surface area contributed by atoms with Crippen molar-refractivity contribution in [1.82, 2.24) is 24.4 Å². The fraction of sp³-hybridized carbons (Fsp3) is 0.600.